The summed E-state index contributed by atoms with van der Waals surface area (Å²) in [7, 11) is -3.37. The van der Waals surface area contributed by atoms with E-state index in [-0.39, 0.29) is 40.9 Å². The highest BCUT2D eigenvalue weighted by Crippen LogP contribution is 2.36. The van der Waals surface area contributed by atoms with Crippen molar-refractivity contribution in [2.24, 2.45) is 5.92 Å². The molecule has 0 aromatic heterocycles. The molecular weight excluding hydrogens is 703 g/mol. The number of amides is 2. The minimum atomic E-state index is -4.70. The van der Waals surface area contributed by atoms with Crippen molar-refractivity contribution < 1.29 is 27.7 Å². The lowest BCUT2D eigenvalue weighted by Gasteiger charge is -2.34. The highest BCUT2D eigenvalue weighted by molar-refractivity contribution is 7.92. The first kappa shape index (κ1) is 38.2. The van der Waals surface area contributed by atoms with E-state index in [9.17, 15) is 28.1 Å². The Morgan fingerprint density at radius 2 is 1.64 bits per heavy atom. The molecule has 0 aliphatic heterocycles. The summed E-state index contributed by atoms with van der Waals surface area (Å²) in [5.74, 6) is -1.01. The fourth-order valence-electron chi connectivity index (χ4n) is 5.23. The number of carbonyl (C=O) groups excluding carboxylic acids is 2. The summed E-state index contributed by atoms with van der Waals surface area (Å²) < 4.78 is 35.2. The van der Waals surface area contributed by atoms with E-state index in [4.69, 9.17) is 27.9 Å². The number of carbonyl (C=O) groups is 2. The summed E-state index contributed by atoms with van der Waals surface area (Å²) in [6, 6.07) is 22.6. The number of nitrogens with zero attached hydrogens (tertiary/aromatic N) is 3. The molecule has 4 aromatic rings. The first-order chi connectivity index (χ1) is 23.7. The van der Waals surface area contributed by atoms with Crippen LogP contribution in [-0.4, -0.2) is 56.3 Å². The number of sulfonamides is 1. The molecule has 14 heteroatoms. The number of nitrogens with one attached hydrogen (secondary N) is 1. The van der Waals surface area contributed by atoms with E-state index in [2.05, 4.69) is 5.32 Å². The van der Waals surface area contributed by atoms with Crippen LogP contribution in [0.4, 0.5) is 11.4 Å². The van der Waals surface area contributed by atoms with Gasteiger partial charge in [-0.3, -0.25) is 24.0 Å². The molecule has 0 spiro atoms. The monoisotopic (exact) mass is 740 g/mol. The fraction of sp³-hybridized carbons (Fsp3) is 0.278. The summed E-state index contributed by atoms with van der Waals surface area (Å²) in [6.45, 7) is 4.74. The average Bonchev–Trinajstić information content (AvgIpc) is 3.08. The Morgan fingerprint density at radius 1 is 0.960 bits per heavy atom. The van der Waals surface area contributed by atoms with E-state index in [1.807, 2.05) is 44.2 Å². The maximum Gasteiger partial charge on any atom is 0.273 e. The molecule has 0 radical (unpaired) electrons. The van der Waals surface area contributed by atoms with Crippen molar-refractivity contribution in [3.05, 3.63) is 128 Å². The second-order valence-electron chi connectivity index (χ2n) is 12.0. The Balaban J connectivity index is 1.90. The number of nitro groups is 1. The molecule has 0 fully saturated rings. The van der Waals surface area contributed by atoms with Gasteiger partial charge in [-0.25, -0.2) is 8.42 Å². The van der Waals surface area contributed by atoms with Gasteiger partial charge in [-0.2, -0.15) is 0 Å². The number of methoxy groups -OCH3 is 1. The minimum absolute atomic E-state index is 0.0700. The van der Waals surface area contributed by atoms with E-state index >= 15 is 0 Å². The molecule has 2 amide bonds. The fourth-order valence-corrected chi connectivity index (χ4v) is 7.03. The van der Waals surface area contributed by atoms with Crippen LogP contribution in [0.3, 0.4) is 0 Å². The quantitative estimate of drug-likeness (QED) is 0.104. The summed E-state index contributed by atoms with van der Waals surface area (Å²) >= 11 is 12.9. The molecule has 0 unspecified atom stereocenters. The normalized spacial score (nSPS) is 11.9. The van der Waals surface area contributed by atoms with Crippen molar-refractivity contribution in [1.82, 2.24) is 10.2 Å². The Bertz CT molecular complexity index is 1960. The lowest BCUT2D eigenvalue weighted by atomic mass is 10.0. The maximum atomic E-state index is 14.7. The zero-order valence-corrected chi connectivity index (χ0v) is 30.3. The van der Waals surface area contributed by atoms with Crippen LogP contribution in [0, 0.1) is 23.0 Å². The molecule has 0 heterocycles. The van der Waals surface area contributed by atoms with E-state index in [1.165, 1.54) is 49.3 Å². The van der Waals surface area contributed by atoms with E-state index in [1.54, 1.807) is 24.3 Å². The van der Waals surface area contributed by atoms with Crippen molar-refractivity contribution in [2.75, 3.05) is 24.5 Å². The van der Waals surface area contributed by atoms with Gasteiger partial charge in [0.2, 0.25) is 11.8 Å². The molecule has 11 nitrogen and oxygen atoms in total. The van der Waals surface area contributed by atoms with Crippen LogP contribution in [0.15, 0.2) is 95.9 Å². The number of benzene rings is 4. The number of rotatable bonds is 15. The zero-order valence-electron chi connectivity index (χ0n) is 28.0. The standard InChI is InChI=1S/C36H38Cl2N4O7S/c1-24(2)21-39-36(44)33(18-26-10-6-5-7-11-26)40(22-27-12-8-9-13-30(27)38)35(43)23-41(32-19-28(37)15-17-34(32)49-4)50(47,48)29-16-14-25(3)31(20-29)42(45)46/h5-17,19-20,24,33H,18,21-23H2,1-4H3,(H,39,44)/t33-/m1/s1. The van der Waals surface area contributed by atoms with E-state index in [0.29, 0.717) is 17.1 Å². The molecule has 264 valence electrons. The molecule has 0 bridgehead atoms. The number of nitro benzene ring substituents is 1. The van der Waals surface area contributed by atoms with Crippen LogP contribution in [0.2, 0.25) is 10.0 Å². The van der Waals surface area contributed by atoms with Gasteiger partial charge in [0.25, 0.3) is 15.7 Å². The van der Waals surface area contributed by atoms with Gasteiger partial charge in [0.05, 0.1) is 22.6 Å². The second-order valence-corrected chi connectivity index (χ2v) is 14.7. The minimum Gasteiger partial charge on any atom is -0.495 e. The Labute approximate surface area is 302 Å². The van der Waals surface area contributed by atoms with E-state index < -0.39 is 49.9 Å². The third kappa shape index (κ3) is 9.32. The Kier molecular flexibility index (Phi) is 12.9. The van der Waals surface area contributed by atoms with Gasteiger partial charge in [-0.05, 0) is 54.3 Å². The van der Waals surface area contributed by atoms with Crippen LogP contribution < -0.4 is 14.4 Å². The van der Waals surface area contributed by atoms with Gasteiger partial charge < -0.3 is 15.0 Å². The van der Waals surface area contributed by atoms with E-state index in [0.717, 1.165) is 15.9 Å². The Morgan fingerprint density at radius 3 is 2.28 bits per heavy atom. The number of aryl methyl sites for hydroxylation is 1. The molecular formula is C36H38Cl2N4O7S. The van der Waals surface area contributed by atoms with Gasteiger partial charge in [-0.1, -0.05) is 91.6 Å². The third-order valence-electron chi connectivity index (χ3n) is 7.91. The summed E-state index contributed by atoms with van der Waals surface area (Å²) in [5, 5.41) is 15.2. The van der Waals surface area contributed by atoms with Gasteiger partial charge in [0, 0.05) is 41.2 Å². The molecule has 0 aliphatic rings. The predicted octanol–water partition coefficient (Wildman–Crippen LogP) is 6.83. The van der Waals surface area contributed by atoms with Crippen molar-refractivity contribution in [3.63, 3.8) is 0 Å². The van der Waals surface area contributed by atoms with Crippen molar-refractivity contribution in [1.29, 1.82) is 0 Å². The van der Waals surface area contributed by atoms with Gasteiger partial charge in [0.15, 0.2) is 0 Å². The number of ether oxygens (including phenoxy) is 1. The van der Waals surface area contributed by atoms with Crippen molar-refractivity contribution in [3.8, 4) is 5.75 Å². The van der Waals surface area contributed by atoms with Gasteiger partial charge in [0.1, 0.15) is 18.3 Å². The first-order valence-electron chi connectivity index (χ1n) is 15.7. The number of anilines is 1. The lowest BCUT2D eigenvalue weighted by molar-refractivity contribution is -0.385. The SMILES string of the molecule is COc1ccc(Cl)cc1N(CC(=O)N(Cc1ccccc1Cl)[C@H](Cc1ccccc1)C(=O)NCC(C)C)S(=O)(=O)c1ccc(C)c([N+](=O)[O-])c1. The second kappa shape index (κ2) is 16.8. The Hall–Kier alpha value is -4.65. The molecule has 4 aromatic carbocycles. The van der Waals surface area contributed by atoms with Crippen LogP contribution in [-0.2, 0) is 32.6 Å². The van der Waals surface area contributed by atoms with Crippen molar-refractivity contribution >= 4 is 56.4 Å². The smallest absolute Gasteiger partial charge is 0.273 e. The summed E-state index contributed by atoms with van der Waals surface area (Å²) in [5.41, 5.74) is 1.04. The largest absolute Gasteiger partial charge is 0.495 e. The molecule has 50 heavy (non-hydrogen) atoms. The molecule has 0 saturated heterocycles. The molecule has 1 N–H and O–H groups in total. The van der Waals surface area contributed by atoms with Gasteiger partial charge >= 0.3 is 0 Å². The molecule has 1 atom stereocenters. The average molecular weight is 742 g/mol. The van der Waals surface area contributed by atoms with Crippen LogP contribution >= 0.6 is 23.2 Å². The number of hydrogen-bond acceptors (Lipinski definition) is 7. The first-order valence-corrected chi connectivity index (χ1v) is 17.9. The predicted molar refractivity (Wildman–Crippen MR) is 194 cm³/mol. The lowest BCUT2D eigenvalue weighted by Crippen LogP contribution is -2.53. The highest BCUT2D eigenvalue weighted by atomic mass is 35.5. The zero-order chi connectivity index (χ0) is 36.6. The molecule has 0 aliphatic carbocycles. The maximum absolute atomic E-state index is 14.7. The number of halogens is 2. The molecule has 0 saturated carbocycles. The summed E-state index contributed by atoms with van der Waals surface area (Å²) in [6.07, 6.45) is 0.109. The van der Waals surface area contributed by atoms with Crippen LogP contribution in [0.25, 0.3) is 0 Å². The van der Waals surface area contributed by atoms with Crippen LogP contribution in [0.5, 0.6) is 5.75 Å². The topological polar surface area (TPSA) is 139 Å². The highest BCUT2D eigenvalue weighted by Gasteiger charge is 2.36. The van der Waals surface area contributed by atoms with Crippen LogP contribution in [0.1, 0.15) is 30.5 Å². The molecule has 4 rings (SSSR count). The van der Waals surface area contributed by atoms with Gasteiger partial charge in [-0.15, -0.1) is 0 Å². The number of hydrogen-bond donors (Lipinski definition) is 1. The van der Waals surface area contributed by atoms with Crippen molar-refractivity contribution in [2.45, 2.75) is 44.7 Å². The summed E-state index contributed by atoms with van der Waals surface area (Å²) in [4.78, 5) is 40.7. The third-order valence-corrected chi connectivity index (χ3v) is 10.3.